The van der Waals surface area contributed by atoms with E-state index < -0.39 is 18.3 Å². The molecule has 1 unspecified atom stereocenters. The summed E-state index contributed by atoms with van der Waals surface area (Å²) in [6.45, 7) is -1.25. The van der Waals surface area contributed by atoms with Crippen molar-refractivity contribution in [1.82, 2.24) is 24.4 Å². The van der Waals surface area contributed by atoms with Gasteiger partial charge in [-0.3, -0.25) is 9.78 Å². The summed E-state index contributed by atoms with van der Waals surface area (Å²) in [5.41, 5.74) is 2.55. The van der Waals surface area contributed by atoms with Crippen LogP contribution < -0.4 is 9.47 Å². The Balaban J connectivity index is 1.41. The molecule has 9 nitrogen and oxygen atoms in total. The highest BCUT2D eigenvalue weighted by Gasteiger charge is 2.45. The first-order valence-corrected chi connectivity index (χ1v) is 11.8. The number of hydrogen-bond acceptors (Lipinski definition) is 7. The van der Waals surface area contributed by atoms with E-state index in [1.54, 1.807) is 43.3 Å². The maximum Gasteiger partial charge on any atom is 0.387 e. The molecule has 3 aliphatic rings. The van der Waals surface area contributed by atoms with Crippen molar-refractivity contribution in [3.8, 4) is 22.8 Å². The van der Waals surface area contributed by atoms with Gasteiger partial charge in [0.15, 0.2) is 5.65 Å². The van der Waals surface area contributed by atoms with Gasteiger partial charge in [0.05, 0.1) is 17.8 Å². The van der Waals surface area contributed by atoms with E-state index in [0.717, 1.165) is 0 Å². The quantitative estimate of drug-likeness (QED) is 0.452. The number of amides is 1. The number of pyridine rings is 2. The SMILES string of the molecule is CN1C(=O)c2cccc(OC(F)F)c2[C@H]2C[C@@H]1c1nc3ccc(-c4cnc5c(c4)OCC5(C)O)nc3n12. The van der Waals surface area contributed by atoms with Crippen molar-refractivity contribution in [1.29, 1.82) is 0 Å². The summed E-state index contributed by atoms with van der Waals surface area (Å²) < 4.78 is 39.0. The smallest absolute Gasteiger partial charge is 0.387 e. The second kappa shape index (κ2) is 7.45. The topological polar surface area (TPSA) is 103 Å². The van der Waals surface area contributed by atoms with E-state index in [1.165, 1.54) is 6.07 Å². The van der Waals surface area contributed by atoms with E-state index in [1.807, 2.05) is 16.7 Å². The molecule has 3 aliphatic heterocycles. The Hall–Kier alpha value is -4.12. The predicted molar refractivity (Wildman–Crippen MR) is 126 cm³/mol. The van der Waals surface area contributed by atoms with E-state index in [2.05, 4.69) is 4.98 Å². The lowest BCUT2D eigenvalue weighted by molar-refractivity contribution is -0.0507. The van der Waals surface area contributed by atoms with Gasteiger partial charge in [-0.1, -0.05) is 6.07 Å². The molecule has 0 saturated heterocycles. The highest BCUT2D eigenvalue weighted by atomic mass is 19.3. The van der Waals surface area contributed by atoms with E-state index in [9.17, 15) is 18.7 Å². The van der Waals surface area contributed by atoms with Crippen molar-refractivity contribution in [2.75, 3.05) is 13.7 Å². The van der Waals surface area contributed by atoms with Crippen LogP contribution in [0.15, 0.2) is 42.6 Å². The van der Waals surface area contributed by atoms with Gasteiger partial charge >= 0.3 is 6.61 Å². The van der Waals surface area contributed by atoms with Crippen LogP contribution in [0.2, 0.25) is 0 Å². The number of carbonyl (C=O) groups excluding carboxylic acids is 1. The largest absolute Gasteiger partial charge is 0.488 e. The van der Waals surface area contributed by atoms with Gasteiger partial charge in [0.2, 0.25) is 0 Å². The molecule has 0 radical (unpaired) electrons. The Bertz CT molecular complexity index is 1620. The molecule has 0 spiro atoms. The minimum absolute atomic E-state index is 0.0298. The Morgan fingerprint density at radius 3 is 2.86 bits per heavy atom. The molecule has 1 amide bonds. The first-order valence-electron chi connectivity index (χ1n) is 11.8. The maximum absolute atomic E-state index is 13.3. The second-order valence-corrected chi connectivity index (χ2v) is 9.79. The van der Waals surface area contributed by atoms with Crippen molar-refractivity contribution in [2.45, 2.75) is 37.6 Å². The third-order valence-corrected chi connectivity index (χ3v) is 7.42. The molecule has 4 aromatic rings. The van der Waals surface area contributed by atoms with E-state index in [0.29, 0.717) is 57.2 Å². The van der Waals surface area contributed by atoms with Gasteiger partial charge in [0.25, 0.3) is 5.91 Å². The van der Waals surface area contributed by atoms with Crippen molar-refractivity contribution in [3.63, 3.8) is 0 Å². The molecule has 0 fully saturated rings. The Labute approximate surface area is 209 Å². The van der Waals surface area contributed by atoms with Crippen molar-refractivity contribution in [3.05, 3.63) is 65.2 Å². The van der Waals surface area contributed by atoms with Gasteiger partial charge in [-0.25, -0.2) is 9.97 Å². The number of aromatic nitrogens is 4. The normalized spacial score (nSPS) is 23.6. The van der Waals surface area contributed by atoms with Crippen LogP contribution in [0.25, 0.3) is 22.4 Å². The number of benzene rings is 1. The number of nitrogens with zero attached hydrogens (tertiary/aromatic N) is 5. The van der Waals surface area contributed by atoms with Gasteiger partial charge in [0, 0.05) is 36.4 Å². The lowest BCUT2D eigenvalue weighted by Gasteiger charge is -2.24. The lowest BCUT2D eigenvalue weighted by Crippen LogP contribution is -2.30. The molecule has 1 aromatic carbocycles. The third kappa shape index (κ3) is 3.10. The molecular formula is C26H21F2N5O4. The van der Waals surface area contributed by atoms with Crippen LogP contribution in [0.1, 0.15) is 52.9 Å². The van der Waals surface area contributed by atoms with Crippen molar-refractivity contribution in [2.24, 2.45) is 0 Å². The predicted octanol–water partition coefficient (Wildman–Crippen LogP) is 3.81. The van der Waals surface area contributed by atoms with Crippen molar-refractivity contribution < 1.29 is 28.2 Å². The number of halogens is 2. The summed E-state index contributed by atoms with van der Waals surface area (Å²) in [6, 6.07) is 9.27. The molecule has 0 aliphatic carbocycles. The number of alkyl halides is 2. The number of ether oxygens (including phenoxy) is 2. The number of imidazole rings is 1. The van der Waals surface area contributed by atoms with Crippen LogP contribution in [0.3, 0.4) is 0 Å². The van der Waals surface area contributed by atoms with Crippen LogP contribution in [-0.4, -0.2) is 55.7 Å². The maximum atomic E-state index is 13.3. The molecule has 188 valence electrons. The number of hydrogen-bond donors (Lipinski definition) is 1. The molecule has 2 bridgehead atoms. The zero-order chi connectivity index (χ0) is 25.6. The zero-order valence-electron chi connectivity index (χ0n) is 19.9. The summed E-state index contributed by atoms with van der Waals surface area (Å²) in [5, 5.41) is 10.4. The van der Waals surface area contributed by atoms with Gasteiger partial charge in [-0.05, 0) is 37.3 Å². The zero-order valence-corrected chi connectivity index (χ0v) is 19.9. The molecule has 3 atom stereocenters. The summed E-state index contributed by atoms with van der Waals surface area (Å²) in [7, 11) is 1.69. The Morgan fingerprint density at radius 1 is 1.22 bits per heavy atom. The average molecular weight is 505 g/mol. The fourth-order valence-corrected chi connectivity index (χ4v) is 5.69. The summed E-state index contributed by atoms with van der Waals surface area (Å²) in [4.78, 5) is 28.9. The average Bonchev–Trinajstić information content (AvgIpc) is 3.50. The van der Waals surface area contributed by atoms with E-state index in [4.69, 9.17) is 19.4 Å². The number of carbonyl (C=O) groups is 1. The summed E-state index contributed by atoms with van der Waals surface area (Å²) in [6.07, 6.45) is 2.10. The molecule has 1 N–H and O–H groups in total. The Morgan fingerprint density at radius 2 is 2.05 bits per heavy atom. The number of rotatable bonds is 3. The van der Waals surface area contributed by atoms with Crippen LogP contribution in [-0.2, 0) is 5.60 Å². The van der Waals surface area contributed by atoms with Crippen LogP contribution in [0.5, 0.6) is 11.5 Å². The standard InChI is InChI=1S/C26H21F2N5O4/c1-26(35)11-36-19-8-12(10-29-21(19)26)14-6-7-15-22(30-14)33-16-9-17(23(33)31-15)32(2)24(34)13-4-3-5-18(20(13)16)37-25(27)28/h3-8,10,16-17,25,35H,9,11H2,1-2H3/t16-,17-,26?/m1/s1. The summed E-state index contributed by atoms with van der Waals surface area (Å²) in [5.74, 6) is 0.842. The fraction of sp³-hybridized carbons (Fsp3) is 0.308. The Kier molecular flexibility index (Phi) is 4.45. The third-order valence-electron chi connectivity index (χ3n) is 7.42. The lowest BCUT2D eigenvalue weighted by atomic mass is 9.98. The minimum atomic E-state index is -3.03. The van der Waals surface area contributed by atoms with E-state index in [-0.39, 0.29) is 24.3 Å². The van der Waals surface area contributed by atoms with Crippen LogP contribution >= 0.6 is 0 Å². The monoisotopic (exact) mass is 505 g/mol. The number of aliphatic hydroxyl groups is 1. The van der Waals surface area contributed by atoms with Crippen molar-refractivity contribution >= 4 is 17.1 Å². The molecule has 0 saturated carbocycles. The second-order valence-electron chi connectivity index (χ2n) is 9.79. The van der Waals surface area contributed by atoms with E-state index >= 15 is 0 Å². The van der Waals surface area contributed by atoms with Gasteiger partial charge in [-0.15, -0.1) is 0 Å². The highest BCUT2D eigenvalue weighted by Crippen LogP contribution is 2.50. The first kappa shape index (κ1) is 22.1. The molecule has 7 rings (SSSR count). The van der Waals surface area contributed by atoms with Gasteiger partial charge in [-0.2, -0.15) is 8.78 Å². The minimum Gasteiger partial charge on any atom is -0.488 e. The molecule has 11 heteroatoms. The van der Waals surface area contributed by atoms with Gasteiger partial charge in [0.1, 0.15) is 40.7 Å². The van der Waals surface area contributed by atoms with Crippen LogP contribution in [0, 0.1) is 0 Å². The highest BCUT2D eigenvalue weighted by molar-refractivity contribution is 5.97. The molecule has 37 heavy (non-hydrogen) atoms. The van der Waals surface area contributed by atoms with Crippen LogP contribution in [0.4, 0.5) is 8.78 Å². The summed E-state index contributed by atoms with van der Waals surface area (Å²) >= 11 is 0. The van der Waals surface area contributed by atoms with Gasteiger partial charge < -0.3 is 24.0 Å². The molecule has 6 heterocycles. The molecule has 3 aromatic heterocycles. The number of fused-ring (bicyclic) bond motifs is 10. The first-order chi connectivity index (χ1) is 17.7. The fourth-order valence-electron chi connectivity index (χ4n) is 5.69. The molecular weight excluding hydrogens is 484 g/mol.